The maximum atomic E-state index is 13.7. The Balaban J connectivity index is 1.21. The van der Waals surface area contributed by atoms with Gasteiger partial charge in [0.15, 0.2) is 11.5 Å². The number of nitriles is 1. The Bertz CT molecular complexity index is 1200. The lowest BCUT2D eigenvalue weighted by Gasteiger charge is -2.21. The zero-order chi connectivity index (χ0) is 22.2. The molecule has 0 saturated heterocycles. The maximum Gasteiger partial charge on any atom is 0.228 e. The van der Waals surface area contributed by atoms with Crippen molar-refractivity contribution in [2.75, 3.05) is 5.32 Å². The molecule has 3 aromatic rings. The average Bonchev–Trinajstić information content (AvgIpc) is 3.27. The number of rotatable bonds is 6. The smallest absolute Gasteiger partial charge is 0.228 e. The van der Waals surface area contributed by atoms with Crippen LogP contribution in [0.4, 0.5) is 10.2 Å². The van der Waals surface area contributed by atoms with Crippen LogP contribution in [0.25, 0.3) is 10.9 Å². The number of ether oxygens (including phenoxy) is 1. The maximum absolute atomic E-state index is 13.7. The van der Waals surface area contributed by atoms with Crippen LogP contribution in [0.15, 0.2) is 42.6 Å². The van der Waals surface area contributed by atoms with Crippen LogP contribution in [-0.4, -0.2) is 27.2 Å². The third kappa shape index (κ3) is 3.75. The number of carbonyl (C=O) groups excluding carboxylic acids is 1. The highest BCUT2D eigenvalue weighted by Gasteiger charge is 2.60. The van der Waals surface area contributed by atoms with Crippen molar-refractivity contribution in [3.8, 4) is 11.8 Å². The highest BCUT2D eigenvalue weighted by Crippen LogP contribution is 2.62. The van der Waals surface area contributed by atoms with E-state index >= 15 is 0 Å². The Hall–Kier alpha value is -3.60. The number of fused-ring (bicyclic) bond motifs is 2. The molecular weight excluding hydrogens is 409 g/mol. The van der Waals surface area contributed by atoms with Gasteiger partial charge in [0, 0.05) is 17.5 Å². The van der Waals surface area contributed by atoms with E-state index in [4.69, 9.17) is 10.00 Å². The standard InChI is InChI=1S/C24H22FN5O2/c1-2-16(24(31)28-22-6-4-14(12-26)29-30-22)23-17-10-15(11-18(17)23)32-21-7-8-27-20-5-3-13(25)9-19(20)21/h3-9,15-18,23H,2,10-11H2,1H3,(H,28,30,31)/t15-,16?,17+,18-,23-. The molecule has 2 aliphatic carbocycles. The molecule has 5 atom stereocenters. The van der Waals surface area contributed by atoms with Crippen LogP contribution < -0.4 is 10.1 Å². The number of hydrogen-bond acceptors (Lipinski definition) is 6. The van der Waals surface area contributed by atoms with Gasteiger partial charge >= 0.3 is 0 Å². The number of pyridine rings is 1. The molecule has 2 fully saturated rings. The monoisotopic (exact) mass is 431 g/mol. The van der Waals surface area contributed by atoms with E-state index in [1.165, 1.54) is 18.2 Å². The van der Waals surface area contributed by atoms with Crippen LogP contribution in [0.3, 0.4) is 0 Å². The van der Waals surface area contributed by atoms with Gasteiger partial charge in [-0.1, -0.05) is 6.92 Å². The zero-order valence-corrected chi connectivity index (χ0v) is 17.5. The second-order valence-electron chi connectivity index (χ2n) is 8.51. The van der Waals surface area contributed by atoms with Crippen molar-refractivity contribution in [2.45, 2.75) is 32.3 Å². The lowest BCUT2D eigenvalue weighted by atomic mass is 9.93. The highest BCUT2D eigenvalue weighted by molar-refractivity contribution is 5.92. The van der Waals surface area contributed by atoms with Gasteiger partial charge < -0.3 is 10.1 Å². The number of anilines is 1. The third-order valence-electron chi connectivity index (χ3n) is 6.70. The summed E-state index contributed by atoms with van der Waals surface area (Å²) in [4.78, 5) is 17.1. The van der Waals surface area contributed by atoms with Gasteiger partial charge in [-0.15, -0.1) is 10.2 Å². The molecule has 0 aliphatic heterocycles. The zero-order valence-electron chi connectivity index (χ0n) is 17.5. The van der Waals surface area contributed by atoms with Crippen molar-refractivity contribution in [1.82, 2.24) is 15.2 Å². The Morgan fingerprint density at radius 1 is 1.25 bits per heavy atom. The summed E-state index contributed by atoms with van der Waals surface area (Å²) in [7, 11) is 0. The topological polar surface area (TPSA) is 101 Å². The van der Waals surface area contributed by atoms with Crippen molar-refractivity contribution < 1.29 is 13.9 Å². The van der Waals surface area contributed by atoms with Crippen LogP contribution in [0.2, 0.25) is 0 Å². The molecule has 162 valence electrons. The van der Waals surface area contributed by atoms with Crippen LogP contribution >= 0.6 is 0 Å². The molecule has 0 radical (unpaired) electrons. The highest BCUT2D eigenvalue weighted by atomic mass is 19.1. The minimum absolute atomic E-state index is 0.0556. The largest absolute Gasteiger partial charge is 0.490 e. The van der Waals surface area contributed by atoms with Gasteiger partial charge in [0.2, 0.25) is 5.91 Å². The van der Waals surface area contributed by atoms with Crippen LogP contribution in [0.1, 0.15) is 31.9 Å². The first-order valence-corrected chi connectivity index (χ1v) is 10.8. The molecule has 0 bridgehead atoms. The lowest BCUT2D eigenvalue weighted by molar-refractivity contribution is -0.121. The number of halogens is 1. The van der Waals surface area contributed by atoms with Crippen LogP contribution in [-0.2, 0) is 4.79 Å². The van der Waals surface area contributed by atoms with Gasteiger partial charge in [0.1, 0.15) is 17.6 Å². The van der Waals surface area contributed by atoms with Gasteiger partial charge in [-0.2, -0.15) is 5.26 Å². The molecule has 32 heavy (non-hydrogen) atoms. The van der Waals surface area contributed by atoms with Gasteiger partial charge in [0.25, 0.3) is 0 Å². The molecule has 2 saturated carbocycles. The average molecular weight is 431 g/mol. The van der Waals surface area contributed by atoms with Crippen molar-refractivity contribution in [3.05, 3.63) is 54.1 Å². The second kappa shape index (κ2) is 8.15. The minimum Gasteiger partial charge on any atom is -0.490 e. The fourth-order valence-electron chi connectivity index (χ4n) is 5.22. The van der Waals surface area contributed by atoms with E-state index in [1.807, 2.05) is 13.0 Å². The number of aromatic nitrogens is 3. The first-order chi connectivity index (χ1) is 15.6. The van der Waals surface area contributed by atoms with E-state index < -0.39 is 0 Å². The van der Waals surface area contributed by atoms with Gasteiger partial charge in [0.05, 0.1) is 11.6 Å². The van der Waals surface area contributed by atoms with Crippen LogP contribution in [0, 0.1) is 40.8 Å². The SMILES string of the molecule is CCC(C(=O)Nc1ccc(C#N)nn1)[C@H]1[C@@H]2C[C@H](Oc3ccnc4ccc(F)cc34)C[C@@H]21. The quantitative estimate of drug-likeness (QED) is 0.631. The first kappa shape index (κ1) is 20.3. The summed E-state index contributed by atoms with van der Waals surface area (Å²) in [5.41, 5.74) is 0.918. The summed E-state index contributed by atoms with van der Waals surface area (Å²) in [5.74, 6) is 1.78. The van der Waals surface area contributed by atoms with E-state index in [2.05, 4.69) is 20.5 Å². The van der Waals surface area contributed by atoms with Crippen molar-refractivity contribution in [2.24, 2.45) is 23.7 Å². The molecule has 2 heterocycles. The molecule has 5 rings (SSSR count). The Labute approximate surface area is 184 Å². The fraction of sp³-hybridized carbons (Fsp3) is 0.375. The molecule has 1 unspecified atom stereocenters. The molecule has 2 aromatic heterocycles. The van der Waals surface area contributed by atoms with E-state index in [0.29, 0.717) is 40.2 Å². The lowest BCUT2D eigenvalue weighted by Crippen LogP contribution is -2.27. The predicted octanol–water partition coefficient (Wildman–Crippen LogP) is 4.10. The molecule has 7 nitrogen and oxygen atoms in total. The molecular formula is C24H22FN5O2. The Kier molecular flexibility index (Phi) is 5.17. The summed E-state index contributed by atoms with van der Waals surface area (Å²) in [6, 6.07) is 11.3. The second-order valence-corrected chi connectivity index (χ2v) is 8.51. The van der Waals surface area contributed by atoms with E-state index in [1.54, 1.807) is 24.4 Å². The predicted molar refractivity (Wildman–Crippen MR) is 115 cm³/mol. The number of hydrogen-bond donors (Lipinski definition) is 1. The molecule has 1 N–H and O–H groups in total. The summed E-state index contributed by atoms with van der Waals surface area (Å²) in [6.07, 6.45) is 4.24. The summed E-state index contributed by atoms with van der Waals surface area (Å²) < 4.78 is 19.9. The number of nitrogens with zero attached hydrogens (tertiary/aromatic N) is 4. The minimum atomic E-state index is -0.312. The summed E-state index contributed by atoms with van der Waals surface area (Å²) >= 11 is 0. The number of carbonyl (C=O) groups is 1. The molecule has 0 spiro atoms. The molecule has 1 aromatic carbocycles. The Morgan fingerprint density at radius 2 is 2.06 bits per heavy atom. The summed E-state index contributed by atoms with van der Waals surface area (Å²) in [5, 5.41) is 20.0. The summed E-state index contributed by atoms with van der Waals surface area (Å²) in [6.45, 7) is 2.02. The van der Waals surface area contributed by atoms with Crippen molar-refractivity contribution in [3.63, 3.8) is 0 Å². The molecule has 8 heteroatoms. The first-order valence-electron chi connectivity index (χ1n) is 10.8. The van der Waals surface area contributed by atoms with E-state index in [9.17, 15) is 9.18 Å². The van der Waals surface area contributed by atoms with Gasteiger partial charge in [-0.05, 0) is 73.4 Å². The molecule has 1 amide bonds. The van der Waals surface area contributed by atoms with Gasteiger partial charge in [-0.3, -0.25) is 9.78 Å². The van der Waals surface area contributed by atoms with Crippen molar-refractivity contribution >= 4 is 22.6 Å². The van der Waals surface area contributed by atoms with E-state index in [0.717, 1.165) is 19.3 Å². The third-order valence-corrected chi connectivity index (χ3v) is 6.70. The normalized spacial score (nSPS) is 24.4. The van der Waals surface area contributed by atoms with Crippen molar-refractivity contribution in [1.29, 1.82) is 5.26 Å². The molecule has 2 aliphatic rings. The van der Waals surface area contributed by atoms with Crippen LogP contribution in [0.5, 0.6) is 5.75 Å². The number of amides is 1. The van der Waals surface area contributed by atoms with Gasteiger partial charge in [-0.25, -0.2) is 4.39 Å². The van der Waals surface area contributed by atoms with E-state index in [-0.39, 0.29) is 29.4 Å². The fourth-order valence-corrected chi connectivity index (χ4v) is 5.22. The number of nitrogens with one attached hydrogen (secondary N) is 1. The Morgan fingerprint density at radius 3 is 2.75 bits per heavy atom. The number of benzene rings is 1.